The SMILES string of the molecule is CCCN(CCC)c1nc(C(F)(F)F)ccc1CNC(=O)C(C)c1cccc(F)c1NS(C)(=O)=O. The van der Waals surface area contributed by atoms with E-state index in [1.165, 1.54) is 25.1 Å². The second kappa shape index (κ2) is 11.7. The molecule has 2 rings (SSSR count). The molecule has 1 aromatic carbocycles. The molecular formula is C23H30F4N4O3S. The summed E-state index contributed by atoms with van der Waals surface area (Å²) in [6, 6.07) is 6.00. The van der Waals surface area contributed by atoms with Crippen LogP contribution in [0.1, 0.15) is 56.4 Å². The van der Waals surface area contributed by atoms with E-state index in [1.807, 2.05) is 13.8 Å². The van der Waals surface area contributed by atoms with Gasteiger partial charge in [0.05, 0.1) is 17.9 Å². The van der Waals surface area contributed by atoms with Crippen molar-refractivity contribution >= 4 is 27.4 Å². The Balaban J connectivity index is 2.33. The number of aromatic nitrogens is 1. The third kappa shape index (κ3) is 7.81. The molecule has 0 saturated carbocycles. The molecule has 0 aliphatic heterocycles. The summed E-state index contributed by atoms with van der Waals surface area (Å²) in [4.78, 5) is 18.5. The molecule has 0 fully saturated rings. The molecule has 0 bridgehead atoms. The molecule has 7 nitrogen and oxygen atoms in total. The Kier molecular flexibility index (Phi) is 9.47. The highest BCUT2D eigenvalue weighted by molar-refractivity contribution is 7.92. The Labute approximate surface area is 203 Å². The lowest BCUT2D eigenvalue weighted by atomic mass is 9.98. The largest absolute Gasteiger partial charge is 0.433 e. The number of para-hydroxylation sites is 1. The molecule has 0 spiro atoms. The smallest absolute Gasteiger partial charge is 0.356 e. The summed E-state index contributed by atoms with van der Waals surface area (Å²) in [6.07, 6.45) is -2.37. The van der Waals surface area contributed by atoms with E-state index in [-0.39, 0.29) is 23.6 Å². The van der Waals surface area contributed by atoms with Crippen molar-refractivity contribution < 1.29 is 30.8 Å². The maximum Gasteiger partial charge on any atom is 0.433 e. The highest BCUT2D eigenvalue weighted by Gasteiger charge is 2.33. The molecule has 1 unspecified atom stereocenters. The quantitative estimate of drug-likeness (QED) is 0.423. The van der Waals surface area contributed by atoms with Crippen LogP contribution in [0.4, 0.5) is 29.1 Å². The molecule has 1 atom stereocenters. The van der Waals surface area contributed by atoms with Crippen LogP contribution in [0, 0.1) is 5.82 Å². The molecule has 194 valence electrons. The third-order valence-corrected chi connectivity index (χ3v) is 5.75. The number of carbonyl (C=O) groups is 1. The van der Waals surface area contributed by atoms with Crippen molar-refractivity contribution in [1.82, 2.24) is 10.3 Å². The number of anilines is 2. The summed E-state index contributed by atoms with van der Waals surface area (Å²) in [5.41, 5.74) is -0.831. The van der Waals surface area contributed by atoms with Gasteiger partial charge in [0, 0.05) is 25.2 Å². The maximum atomic E-state index is 14.3. The Hall–Kier alpha value is -2.89. The fourth-order valence-electron chi connectivity index (χ4n) is 3.58. The Morgan fingerprint density at radius 3 is 2.29 bits per heavy atom. The number of halogens is 4. The minimum Gasteiger partial charge on any atom is -0.356 e. The predicted octanol–water partition coefficient (Wildman–Crippen LogP) is 4.66. The summed E-state index contributed by atoms with van der Waals surface area (Å²) < 4.78 is 79.6. The summed E-state index contributed by atoms with van der Waals surface area (Å²) in [7, 11) is -3.81. The summed E-state index contributed by atoms with van der Waals surface area (Å²) in [5.74, 6) is -2.21. The summed E-state index contributed by atoms with van der Waals surface area (Å²) >= 11 is 0. The predicted molar refractivity (Wildman–Crippen MR) is 127 cm³/mol. The van der Waals surface area contributed by atoms with Crippen LogP contribution >= 0.6 is 0 Å². The van der Waals surface area contributed by atoms with Crippen LogP contribution in [-0.4, -0.2) is 38.7 Å². The number of nitrogens with one attached hydrogen (secondary N) is 2. The van der Waals surface area contributed by atoms with E-state index in [0.717, 1.165) is 18.4 Å². The van der Waals surface area contributed by atoms with Crippen LogP contribution < -0.4 is 14.9 Å². The Morgan fingerprint density at radius 1 is 1.11 bits per heavy atom. The zero-order chi connectivity index (χ0) is 26.4. The van der Waals surface area contributed by atoms with Gasteiger partial charge >= 0.3 is 6.18 Å². The van der Waals surface area contributed by atoms with Gasteiger partial charge in [-0.2, -0.15) is 13.2 Å². The molecule has 0 radical (unpaired) electrons. The highest BCUT2D eigenvalue weighted by Crippen LogP contribution is 2.31. The van der Waals surface area contributed by atoms with Crippen molar-refractivity contribution in [3.8, 4) is 0 Å². The second-order valence-electron chi connectivity index (χ2n) is 8.18. The van der Waals surface area contributed by atoms with E-state index in [0.29, 0.717) is 31.5 Å². The molecule has 1 aromatic heterocycles. The van der Waals surface area contributed by atoms with Gasteiger partial charge in [0.25, 0.3) is 0 Å². The monoisotopic (exact) mass is 518 g/mol. The van der Waals surface area contributed by atoms with Gasteiger partial charge in [-0.1, -0.05) is 32.0 Å². The lowest BCUT2D eigenvalue weighted by Gasteiger charge is -2.26. The molecule has 0 saturated heterocycles. The van der Waals surface area contributed by atoms with Crippen molar-refractivity contribution in [2.24, 2.45) is 0 Å². The van der Waals surface area contributed by atoms with E-state index in [1.54, 1.807) is 4.90 Å². The fraction of sp³-hybridized carbons (Fsp3) is 0.478. The minimum atomic E-state index is -4.62. The van der Waals surface area contributed by atoms with Gasteiger partial charge in [-0.3, -0.25) is 9.52 Å². The first-order valence-electron chi connectivity index (χ1n) is 11.1. The van der Waals surface area contributed by atoms with E-state index in [9.17, 15) is 30.8 Å². The van der Waals surface area contributed by atoms with E-state index in [2.05, 4.69) is 15.0 Å². The average molecular weight is 519 g/mol. The van der Waals surface area contributed by atoms with Crippen molar-refractivity contribution in [2.45, 2.75) is 52.3 Å². The molecule has 2 aromatic rings. The standard InChI is InChI=1S/C23H30F4N4O3S/c1-5-12-31(13-6-2)21-16(10-11-19(29-21)23(25,26)27)14-28-22(32)15(3)17-8-7-9-18(24)20(17)30-35(4,33)34/h7-11,15,30H,5-6,12-14H2,1-4H3,(H,28,32). The zero-order valence-electron chi connectivity index (χ0n) is 20.0. The Morgan fingerprint density at radius 2 is 1.74 bits per heavy atom. The van der Waals surface area contributed by atoms with Gasteiger partial charge in [0.2, 0.25) is 15.9 Å². The number of amides is 1. The van der Waals surface area contributed by atoms with Gasteiger partial charge in [-0.05, 0) is 37.5 Å². The van der Waals surface area contributed by atoms with Crippen LogP contribution in [-0.2, 0) is 27.5 Å². The molecule has 12 heteroatoms. The summed E-state index contributed by atoms with van der Waals surface area (Å²) in [5, 5.41) is 2.66. The number of hydrogen-bond acceptors (Lipinski definition) is 5. The second-order valence-corrected chi connectivity index (χ2v) is 9.93. The third-order valence-electron chi connectivity index (χ3n) is 5.18. The first kappa shape index (κ1) is 28.3. The van der Waals surface area contributed by atoms with Gasteiger partial charge in [0.15, 0.2) is 0 Å². The number of alkyl halides is 3. The average Bonchev–Trinajstić information content (AvgIpc) is 2.76. The van der Waals surface area contributed by atoms with Crippen LogP contribution in [0.3, 0.4) is 0 Å². The van der Waals surface area contributed by atoms with Crippen LogP contribution in [0.25, 0.3) is 0 Å². The number of rotatable bonds is 11. The van der Waals surface area contributed by atoms with Crippen molar-refractivity contribution in [2.75, 3.05) is 29.0 Å². The lowest BCUT2D eigenvalue weighted by Crippen LogP contribution is -2.32. The van der Waals surface area contributed by atoms with Gasteiger partial charge in [-0.25, -0.2) is 17.8 Å². The number of nitrogens with zero attached hydrogens (tertiary/aromatic N) is 2. The molecule has 1 amide bonds. The summed E-state index contributed by atoms with van der Waals surface area (Å²) in [6.45, 7) is 6.15. The minimum absolute atomic E-state index is 0.113. The fourth-order valence-corrected chi connectivity index (χ4v) is 4.17. The Bertz CT molecular complexity index is 1130. The van der Waals surface area contributed by atoms with E-state index < -0.39 is 39.5 Å². The maximum absolute atomic E-state index is 14.3. The number of benzene rings is 1. The van der Waals surface area contributed by atoms with E-state index >= 15 is 0 Å². The molecule has 1 heterocycles. The van der Waals surface area contributed by atoms with Crippen LogP contribution in [0.5, 0.6) is 0 Å². The number of pyridine rings is 1. The van der Waals surface area contributed by atoms with Gasteiger partial charge in [0.1, 0.15) is 17.3 Å². The van der Waals surface area contributed by atoms with Gasteiger partial charge in [-0.15, -0.1) is 0 Å². The van der Waals surface area contributed by atoms with Crippen molar-refractivity contribution in [1.29, 1.82) is 0 Å². The topological polar surface area (TPSA) is 91.4 Å². The highest BCUT2D eigenvalue weighted by atomic mass is 32.2. The molecule has 0 aliphatic rings. The molecule has 2 N–H and O–H groups in total. The number of hydrogen-bond donors (Lipinski definition) is 2. The van der Waals surface area contributed by atoms with Crippen molar-refractivity contribution in [3.63, 3.8) is 0 Å². The van der Waals surface area contributed by atoms with Crippen molar-refractivity contribution in [3.05, 3.63) is 53.0 Å². The molecule has 35 heavy (non-hydrogen) atoms. The molecular weight excluding hydrogens is 488 g/mol. The first-order valence-corrected chi connectivity index (χ1v) is 13.0. The lowest BCUT2D eigenvalue weighted by molar-refractivity contribution is -0.141. The van der Waals surface area contributed by atoms with E-state index in [4.69, 9.17) is 0 Å². The number of carbonyl (C=O) groups excluding carboxylic acids is 1. The molecule has 0 aliphatic carbocycles. The zero-order valence-corrected chi connectivity index (χ0v) is 20.9. The first-order chi connectivity index (χ1) is 16.3. The van der Waals surface area contributed by atoms with Crippen LogP contribution in [0.2, 0.25) is 0 Å². The normalized spacial score (nSPS) is 12.8. The van der Waals surface area contributed by atoms with Gasteiger partial charge < -0.3 is 10.2 Å². The van der Waals surface area contributed by atoms with Crippen LogP contribution in [0.15, 0.2) is 30.3 Å². The number of sulfonamides is 1.